The predicted octanol–water partition coefficient (Wildman–Crippen LogP) is 3.13. The number of hydrogen-bond donors (Lipinski definition) is 1. The van der Waals surface area contributed by atoms with E-state index in [0.29, 0.717) is 17.6 Å². The molecule has 2 aromatic rings. The molecule has 2 unspecified atom stereocenters. The van der Waals surface area contributed by atoms with Crippen molar-refractivity contribution in [3.63, 3.8) is 0 Å². The second kappa shape index (κ2) is 5.53. The predicted molar refractivity (Wildman–Crippen MR) is 75.7 cm³/mol. The van der Waals surface area contributed by atoms with Crippen molar-refractivity contribution in [2.45, 2.75) is 39.7 Å². The van der Waals surface area contributed by atoms with Crippen LogP contribution in [-0.2, 0) is 0 Å². The maximum Gasteiger partial charge on any atom is 0.231 e. The Balaban J connectivity index is 2.36. The normalized spacial score (nSPS) is 14.6. The Morgan fingerprint density at radius 1 is 1.16 bits per heavy atom. The van der Waals surface area contributed by atoms with Crippen molar-refractivity contribution >= 4 is 0 Å². The fourth-order valence-electron chi connectivity index (χ4n) is 2.42. The van der Waals surface area contributed by atoms with Crippen LogP contribution in [0.3, 0.4) is 0 Å². The summed E-state index contributed by atoms with van der Waals surface area (Å²) in [6.45, 7) is 8.25. The summed E-state index contributed by atoms with van der Waals surface area (Å²) in [5.74, 6) is 1.72. The first-order valence-electron chi connectivity index (χ1n) is 6.66. The van der Waals surface area contributed by atoms with Gasteiger partial charge in [0.05, 0.1) is 5.92 Å². The number of hydrogen-bond acceptors (Lipinski definition) is 4. The molecule has 102 valence electrons. The third kappa shape index (κ3) is 2.84. The van der Waals surface area contributed by atoms with E-state index in [2.05, 4.69) is 24.0 Å². The van der Waals surface area contributed by atoms with Gasteiger partial charge >= 0.3 is 0 Å². The summed E-state index contributed by atoms with van der Waals surface area (Å²) in [5.41, 5.74) is 8.16. The molecule has 0 bridgehead atoms. The quantitative estimate of drug-likeness (QED) is 0.916. The number of nitrogens with two attached hydrogens (primary N) is 1. The lowest BCUT2D eigenvalue weighted by atomic mass is 9.90. The molecule has 0 fully saturated rings. The van der Waals surface area contributed by atoms with Crippen molar-refractivity contribution in [2.24, 2.45) is 11.7 Å². The minimum atomic E-state index is -0.00910. The molecular formula is C15H21N3O. The summed E-state index contributed by atoms with van der Waals surface area (Å²) in [5, 5.41) is 4.09. The first-order chi connectivity index (χ1) is 9.00. The van der Waals surface area contributed by atoms with Crippen LogP contribution in [0.1, 0.15) is 38.1 Å². The first kappa shape index (κ1) is 13.7. The second-order valence-corrected chi connectivity index (χ2v) is 5.40. The van der Waals surface area contributed by atoms with Gasteiger partial charge in [-0.05, 0) is 25.3 Å². The smallest absolute Gasteiger partial charge is 0.231 e. The molecule has 1 aromatic carbocycles. The molecular weight excluding hydrogens is 238 g/mol. The monoisotopic (exact) mass is 259 g/mol. The van der Waals surface area contributed by atoms with Gasteiger partial charge in [-0.2, -0.15) is 4.98 Å². The Kier molecular flexibility index (Phi) is 4.00. The van der Waals surface area contributed by atoms with E-state index in [9.17, 15) is 0 Å². The van der Waals surface area contributed by atoms with Gasteiger partial charge in [-0.25, -0.2) is 0 Å². The van der Waals surface area contributed by atoms with E-state index < -0.39 is 0 Å². The zero-order valence-electron chi connectivity index (χ0n) is 11.9. The lowest BCUT2D eigenvalue weighted by molar-refractivity contribution is 0.300. The van der Waals surface area contributed by atoms with Crippen LogP contribution in [0.5, 0.6) is 0 Å². The molecule has 2 atom stereocenters. The van der Waals surface area contributed by atoms with Gasteiger partial charge in [0.15, 0.2) is 0 Å². The molecule has 0 saturated heterocycles. The summed E-state index contributed by atoms with van der Waals surface area (Å²) in [7, 11) is 0. The van der Waals surface area contributed by atoms with Gasteiger partial charge in [0.25, 0.3) is 0 Å². The molecule has 4 nitrogen and oxygen atoms in total. The zero-order valence-corrected chi connectivity index (χ0v) is 11.9. The van der Waals surface area contributed by atoms with Gasteiger partial charge in [-0.3, -0.25) is 0 Å². The van der Waals surface area contributed by atoms with Crippen LogP contribution in [0.4, 0.5) is 0 Å². The highest BCUT2D eigenvalue weighted by molar-refractivity contribution is 5.59. The average Bonchev–Trinajstić information content (AvgIpc) is 2.77. The summed E-state index contributed by atoms with van der Waals surface area (Å²) in [4.78, 5) is 4.53. The molecule has 0 radical (unpaired) electrons. The molecule has 0 aliphatic rings. The van der Waals surface area contributed by atoms with Crippen LogP contribution in [0.2, 0.25) is 0 Å². The Morgan fingerprint density at radius 3 is 2.42 bits per heavy atom. The van der Waals surface area contributed by atoms with Crippen molar-refractivity contribution in [3.8, 4) is 11.4 Å². The number of rotatable bonds is 4. The third-order valence-electron chi connectivity index (χ3n) is 3.40. The standard InChI is InChI=1S/C15H21N3O/c1-9(2)13(11(4)16)15-17-14(18-19-15)12-8-6-5-7-10(12)3/h5-9,11,13H,16H2,1-4H3. The highest BCUT2D eigenvalue weighted by Crippen LogP contribution is 2.28. The molecule has 0 aliphatic carbocycles. The minimum Gasteiger partial charge on any atom is -0.339 e. The van der Waals surface area contributed by atoms with Crippen LogP contribution in [0.25, 0.3) is 11.4 Å². The summed E-state index contributed by atoms with van der Waals surface area (Å²) >= 11 is 0. The fourth-order valence-corrected chi connectivity index (χ4v) is 2.42. The SMILES string of the molecule is Cc1ccccc1-c1noc(C(C(C)C)C(C)N)n1. The van der Waals surface area contributed by atoms with Gasteiger partial charge in [0.1, 0.15) is 0 Å². The molecule has 19 heavy (non-hydrogen) atoms. The molecule has 2 N–H and O–H groups in total. The van der Waals surface area contributed by atoms with Crippen molar-refractivity contribution in [2.75, 3.05) is 0 Å². The van der Waals surface area contributed by atoms with E-state index in [1.165, 1.54) is 0 Å². The van der Waals surface area contributed by atoms with E-state index in [0.717, 1.165) is 11.1 Å². The largest absolute Gasteiger partial charge is 0.339 e. The Hall–Kier alpha value is -1.68. The van der Waals surface area contributed by atoms with Crippen molar-refractivity contribution < 1.29 is 4.52 Å². The average molecular weight is 259 g/mol. The lowest BCUT2D eigenvalue weighted by Crippen LogP contribution is -2.28. The Labute approximate surface area is 114 Å². The van der Waals surface area contributed by atoms with Gasteiger partial charge in [-0.15, -0.1) is 0 Å². The highest BCUT2D eigenvalue weighted by Gasteiger charge is 2.26. The molecule has 0 aliphatic heterocycles. The van der Waals surface area contributed by atoms with Crippen LogP contribution in [0.15, 0.2) is 28.8 Å². The van der Waals surface area contributed by atoms with Crippen LogP contribution in [-0.4, -0.2) is 16.2 Å². The molecule has 0 saturated carbocycles. The Morgan fingerprint density at radius 2 is 1.84 bits per heavy atom. The molecule has 1 aromatic heterocycles. The van der Waals surface area contributed by atoms with Gasteiger partial charge in [-0.1, -0.05) is 43.3 Å². The number of aromatic nitrogens is 2. The maximum atomic E-state index is 6.02. The molecule has 0 spiro atoms. The fraction of sp³-hybridized carbons (Fsp3) is 0.467. The molecule has 1 heterocycles. The van der Waals surface area contributed by atoms with Crippen LogP contribution >= 0.6 is 0 Å². The van der Waals surface area contributed by atoms with Crippen LogP contribution in [0, 0.1) is 12.8 Å². The second-order valence-electron chi connectivity index (χ2n) is 5.40. The highest BCUT2D eigenvalue weighted by atomic mass is 16.5. The topological polar surface area (TPSA) is 64.9 Å². The molecule has 2 rings (SSSR count). The molecule has 0 amide bonds. The lowest BCUT2D eigenvalue weighted by Gasteiger charge is -2.20. The number of nitrogens with zero attached hydrogens (tertiary/aromatic N) is 2. The van der Waals surface area contributed by atoms with E-state index in [1.807, 2.05) is 38.1 Å². The maximum absolute atomic E-state index is 6.02. The third-order valence-corrected chi connectivity index (χ3v) is 3.40. The summed E-state index contributed by atoms with van der Waals surface area (Å²) in [6.07, 6.45) is 0. The van der Waals surface area contributed by atoms with Crippen LogP contribution < -0.4 is 5.73 Å². The van der Waals surface area contributed by atoms with Crippen molar-refractivity contribution in [1.29, 1.82) is 0 Å². The van der Waals surface area contributed by atoms with E-state index >= 15 is 0 Å². The van der Waals surface area contributed by atoms with Crippen molar-refractivity contribution in [1.82, 2.24) is 10.1 Å². The summed E-state index contributed by atoms with van der Waals surface area (Å²) in [6, 6.07) is 8.00. The zero-order chi connectivity index (χ0) is 14.0. The van der Waals surface area contributed by atoms with E-state index in [-0.39, 0.29) is 12.0 Å². The first-order valence-corrected chi connectivity index (χ1v) is 6.66. The minimum absolute atomic E-state index is 0.00910. The number of aryl methyl sites for hydroxylation is 1. The van der Waals surface area contributed by atoms with Gasteiger partial charge in [0.2, 0.25) is 11.7 Å². The van der Waals surface area contributed by atoms with E-state index in [4.69, 9.17) is 10.3 Å². The summed E-state index contributed by atoms with van der Waals surface area (Å²) < 4.78 is 5.42. The van der Waals surface area contributed by atoms with Gasteiger partial charge in [0, 0.05) is 11.6 Å². The molecule has 4 heteroatoms. The van der Waals surface area contributed by atoms with E-state index in [1.54, 1.807) is 0 Å². The van der Waals surface area contributed by atoms with Gasteiger partial charge < -0.3 is 10.3 Å². The number of benzene rings is 1. The Bertz CT molecular complexity index is 538. The van der Waals surface area contributed by atoms with Crippen molar-refractivity contribution in [3.05, 3.63) is 35.7 Å².